The Morgan fingerprint density at radius 1 is 1.60 bits per heavy atom. The first-order valence-corrected chi connectivity index (χ1v) is 3.24. The Bertz CT molecular complexity index is 258. The van der Waals surface area contributed by atoms with Crippen molar-refractivity contribution in [3.8, 4) is 0 Å². The molecular weight excluding hydrogens is 124 g/mol. The minimum atomic E-state index is 0.898. The Kier molecular flexibility index (Phi) is 1.01. The third-order valence-electron chi connectivity index (χ3n) is 1.58. The van der Waals surface area contributed by atoms with Crippen molar-refractivity contribution in [2.45, 2.75) is 0 Å². The maximum atomic E-state index is 4.16. The summed E-state index contributed by atoms with van der Waals surface area (Å²) in [5, 5.41) is 0. The second-order valence-corrected chi connectivity index (χ2v) is 2.36. The molecule has 0 saturated heterocycles. The molecule has 0 unspecified atom stereocenters. The van der Waals surface area contributed by atoms with Crippen LogP contribution in [-0.2, 0) is 0 Å². The van der Waals surface area contributed by atoms with E-state index in [0.717, 1.165) is 17.9 Å². The van der Waals surface area contributed by atoms with E-state index in [1.54, 1.807) is 0 Å². The van der Waals surface area contributed by atoms with Gasteiger partial charge in [-0.25, -0.2) is 4.99 Å². The first-order chi connectivity index (χ1) is 4.86. The average Bonchev–Trinajstić information content (AvgIpc) is 2.33. The van der Waals surface area contributed by atoms with E-state index in [1.807, 2.05) is 24.6 Å². The molecule has 0 radical (unpaired) electrons. The van der Waals surface area contributed by atoms with Gasteiger partial charge >= 0.3 is 0 Å². The summed E-state index contributed by atoms with van der Waals surface area (Å²) >= 11 is 0. The second-order valence-electron chi connectivity index (χ2n) is 2.36. The van der Waals surface area contributed by atoms with E-state index in [0.29, 0.717) is 0 Å². The van der Waals surface area contributed by atoms with E-state index in [-0.39, 0.29) is 0 Å². The predicted octanol–water partition coefficient (Wildman–Crippen LogP) is 1.30. The summed E-state index contributed by atoms with van der Waals surface area (Å²) in [6, 6.07) is 0. The van der Waals surface area contributed by atoms with Crippen molar-refractivity contribution in [2.75, 3.05) is 6.54 Å². The van der Waals surface area contributed by atoms with Gasteiger partial charge in [0, 0.05) is 12.4 Å². The van der Waals surface area contributed by atoms with Crippen molar-refractivity contribution in [1.29, 1.82) is 0 Å². The molecule has 2 heterocycles. The second kappa shape index (κ2) is 1.84. The number of fused-ring (bicyclic) bond motifs is 1. The van der Waals surface area contributed by atoms with E-state index >= 15 is 0 Å². The van der Waals surface area contributed by atoms with Crippen molar-refractivity contribution in [1.82, 2.24) is 4.90 Å². The molecule has 2 rings (SSSR count). The van der Waals surface area contributed by atoms with Gasteiger partial charge in [0.15, 0.2) is 0 Å². The van der Waals surface area contributed by atoms with Crippen LogP contribution in [0.4, 0.5) is 0 Å². The van der Waals surface area contributed by atoms with Crippen molar-refractivity contribution in [2.24, 2.45) is 4.99 Å². The number of allylic oxidation sites excluding steroid dienone is 3. The van der Waals surface area contributed by atoms with Crippen molar-refractivity contribution in [3.63, 3.8) is 0 Å². The Labute approximate surface area is 59.9 Å². The number of hydrogen-bond acceptors (Lipinski definition) is 2. The highest BCUT2D eigenvalue weighted by molar-refractivity contribution is 5.66. The van der Waals surface area contributed by atoms with Crippen molar-refractivity contribution in [3.05, 3.63) is 36.3 Å². The first kappa shape index (κ1) is 5.47. The lowest BCUT2D eigenvalue weighted by atomic mass is 10.2. The molecule has 0 bridgehead atoms. The topological polar surface area (TPSA) is 15.6 Å². The van der Waals surface area contributed by atoms with Crippen molar-refractivity contribution >= 4 is 6.21 Å². The van der Waals surface area contributed by atoms with Crippen LogP contribution in [0.2, 0.25) is 0 Å². The zero-order chi connectivity index (χ0) is 6.97. The van der Waals surface area contributed by atoms with Crippen LogP contribution in [0.25, 0.3) is 0 Å². The molecule has 2 aliphatic rings. The van der Waals surface area contributed by atoms with Gasteiger partial charge in [-0.15, -0.1) is 0 Å². The number of aliphatic imine (C=N–C) groups is 1. The SMILES string of the molecule is C=C1C=CN2CC=NC2=C1. The smallest absolute Gasteiger partial charge is 0.133 e. The van der Waals surface area contributed by atoms with Crippen LogP contribution >= 0.6 is 0 Å². The van der Waals surface area contributed by atoms with Crippen LogP contribution in [0.1, 0.15) is 0 Å². The van der Waals surface area contributed by atoms with Gasteiger partial charge in [-0.1, -0.05) is 6.58 Å². The molecule has 0 amide bonds. The van der Waals surface area contributed by atoms with Crippen molar-refractivity contribution < 1.29 is 0 Å². The molecule has 10 heavy (non-hydrogen) atoms. The molecule has 0 aliphatic carbocycles. The number of rotatable bonds is 0. The van der Waals surface area contributed by atoms with E-state index in [1.165, 1.54) is 0 Å². The van der Waals surface area contributed by atoms with E-state index in [4.69, 9.17) is 0 Å². The lowest BCUT2D eigenvalue weighted by Gasteiger charge is -2.16. The molecule has 0 aromatic rings. The van der Waals surface area contributed by atoms with E-state index in [9.17, 15) is 0 Å². The molecule has 2 nitrogen and oxygen atoms in total. The van der Waals surface area contributed by atoms with E-state index < -0.39 is 0 Å². The number of hydrogen-bond donors (Lipinski definition) is 0. The van der Waals surface area contributed by atoms with Crippen LogP contribution in [0, 0.1) is 0 Å². The molecule has 0 spiro atoms. The fraction of sp³-hybridized carbons (Fsp3) is 0.125. The predicted molar refractivity (Wildman–Crippen MR) is 41.6 cm³/mol. The zero-order valence-corrected chi connectivity index (χ0v) is 5.62. The highest BCUT2D eigenvalue weighted by atomic mass is 15.2. The van der Waals surface area contributed by atoms with Gasteiger partial charge in [0.1, 0.15) is 5.82 Å². The Morgan fingerprint density at radius 3 is 3.40 bits per heavy atom. The molecule has 0 saturated carbocycles. The molecule has 0 aromatic heterocycles. The summed E-state index contributed by atoms with van der Waals surface area (Å²) in [5.74, 6) is 1.01. The third kappa shape index (κ3) is 0.692. The molecule has 2 heteroatoms. The maximum Gasteiger partial charge on any atom is 0.133 e. The molecule has 50 valence electrons. The van der Waals surface area contributed by atoms with Crippen LogP contribution in [0.5, 0.6) is 0 Å². The molecule has 0 N–H and O–H groups in total. The van der Waals surface area contributed by atoms with Gasteiger partial charge < -0.3 is 4.90 Å². The van der Waals surface area contributed by atoms with Gasteiger partial charge in [-0.05, 0) is 17.7 Å². The number of nitrogens with zero attached hydrogens (tertiary/aromatic N) is 2. The van der Waals surface area contributed by atoms with Gasteiger partial charge in [0.25, 0.3) is 0 Å². The fourth-order valence-electron chi connectivity index (χ4n) is 1.05. The standard InChI is InChI=1S/C8H8N2/c1-7-2-4-10-5-3-9-8(10)6-7/h2-4,6H,1,5H2. The average molecular weight is 132 g/mol. The van der Waals surface area contributed by atoms with Crippen LogP contribution in [-0.4, -0.2) is 17.7 Å². The van der Waals surface area contributed by atoms with Gasteiger partial charge in [-0.2, -0.15) is 0 Å². The van der Waals surface area contributed by atoms with Gasteiger partial charge in [-0.3, -0.25) is 0 Å². The molecule has 0 fully saturated rings. The van der Waals surface area contributed by atoms with Gasteiger partial charge in [0.2, 0.25) is 0 Å². The fourth-order valence-corrected chi connectivity index (χ4v) is 1.05. The summed E-state index contributed by atoms with van der Waals surface area (Å²) in [4.78, 5) is 6.24. The summed E-state index contributed by atoms with van der Waals surface area (Å²) in [6.07, 6.45) is 7.86. The summed E-state index contributed by atoms with van der Waals surface area (Å²) < 4.78 is 0. The largest absolute Gasteiger partial charge is 0.328 e. The Hall–Kier alpha value is -1.31. The quantitative estimate of drug-likeness (QED) is 0.485. The van der Waals surface area contributed by atoms with Gasteiger partial charge in [0.05, 0.1) is 6.54 Å². The summed E-state index contributed by atoms with van der Waals surface area (Å²) in [7, 11) is 0. The minimum absolute atomic E-state index is 0.898. The van der Waals surface area contributed by atoms with Crippen LogP contribution in [0.15, 0.2) is 41.3 Å². The lowest BCUT2D eigenvalue weighted by Crippen LogP contribution is -2.13. The Balaban J connectivity index is 2.37. The normalized spacial score (nSPS) is 21.4. The van der Waals surface area contributed by atoms with Crippen LogP contribution in [0.3, 0.4) is 0 Å². The highest BCUT2D eigenvalue weighted by Gasteiger charge is 2.12. The lowest BCUT2D eigenvalue weighted by molar-refractivity contribution is 0.548. The maximum absolute atomic E-state index is 4.16. The minimum Gasteiger partial charge on any atom is -0.328 e. The van der Waals surface area contributed by atoms with E-state index in [2.05, 4.69) is 16.5 Å². The molecule has 0 aromatic carbocycles. The highest BCUT2D eigenvalue weighted by Crippen LogP contribution is 2.18. The first-order valence-electron chi connectivity index (χ1n) is 3.24. The third-order valence-corrected chi connectivity index (χ3v) is 1.58. The van der Waals surface area contributed by atoms with Crippen LogP contribution < -0.4 is 0 Å². The zero-order valence-electron chi connectivity index (χ0n) is 5.62. The summed E-state index contributed by atoms with van der Waals surface area (Å²) in [5.41, 5.74) is 1.02. The monoisotopic (exact) mass is 132 g/mol. The summed E-state index contributed by atoms with van der Waals surface area (Å²) in [6.45, 7) is 4.71. The molecule has 2 aliphatic heterocycles. The Morgan fingerprint density at radius 2 is 2.50 bits per heavy atom. The molecular formula is C8H8N2. The molecule has 0 atom stereocenters.